The van der Waals surface area contributed by atoms with Crippen LogP contribution >= 0.6 is 0 Å². The molecule has 3 nitrogen and oxygen atoms in total. The fourth-order valence-electron chi connectivity index (χ4n) is 2.47. The standard InChI is InChI=1S/C17H16FN3/c18-14-3-8-17(13(9-14)10-19)21(16-6-7-16)11-12-1-4-15(20)5-2-12/h1-5,8-9,16H,6-7,11,20H2. The molecule has 1 aliphatic carbocycles. The van der Waals surface area contributed by atoms with E-state index >= 15 is 0 Å². The van der Waals surface area contributed by atoms with E-state index in [0.29, 0.717) is 18.2 Å². The second kappa shape index (κ2) is 5.45. The van der Waals surface area contributed by atoms with Gasteiger partial charge in [0.05, 0.1) is 11.3 Å². The summed E-state index contributed by atoms with van der Waals surface area (Å²) in [7, 11) is 0. The van der Waals surface area contributed by atoms with Crippen LogP contribution in [0.1, 0.15) is 24.0 Å². The largest absolute Gasteiger partial charge is 0.399 e. The maximum Gasteiger partial charge on any atom is 0.124 e. The van der Waals surface area contributed by atoms with Crippen molar-refractivity contribution in [1.29, 1.82) is 5.26 Å². The molecule has 0 aromatic heterocycles. The lowest BCUT2D eigenvalue weighted by Crippen LogP contribution is -2.25. The first-order chi connectivity index (χ1) is 10.2. The van der Waals surface area contributed by atoms with Crippen molar-refractivity contribution in [3.05, 3.63) is 59.4 Å². The average molecular weight is 281 g/mol. The van der Waals surface area contributed by atoms with Gasteiger partial charge in [0.2, 0.25) is 0 Å². The summed E-state index contributed by atoms with van der Waals surface area (Å²) >= 11 is 0. The molecular formula is C17H16FN3. The van der Waals surface area contributed by atoms with E-state index in [-0.39, 0.29) is 5.82 Å². The van der Waals surface area contributed by atoms with Gasteiger partial charge in [-0.3, -0.25) is 0 Å². The minimum atomic E-state index is -0.376. The quantitative estimate of drug-likeness (QED) is 0.873. The van der Waals surface area contributed by atoms with Crippen LogP contribution in [0.3, 0.4) is 0 Å². The van der Waals surface area contributed by atoms with Crippen molar-refractivity contribution >= 4 is 11.4 Å². The van der Waals surface area contributed by atoms with Crippen molar-refractivity contribution in [3.63, 3.8) is 0 Å². The Labute approximate surface area is 123 Å². The minimum absolute atomic E-state index is 0.376. The summed E-state index contributed by atoms with van der Waals surface area (Å²) in [5, 5.41) is 9.24. The molecule has 0 atom stereocenters. The van der Waals surface area contributed by atoms with E-state index in [0.717, 1.165) is 29.8 Å². The summed E-state index contributed by atoms with van der Waals surface area (Å²) in [6.45, 7) is 0.700. The highest BCUT2D eigenvalue weighted by Crippen LogP contribution is 2.35. The molecule has 2 N–H and O–H groups in total. The monoisotopic (exact) mass is 281 g/mol. The molecule has 21 heavy (non-hydrogen) atoms. The van der Waals surface area contributed by atoms with Crippen molar-refractivity contribution in [1.82, 2.24) is 0 Å². The minimum Gasteiger partial charge on any atom is -0.399 e. The summed E-state index contributed by atoms with van der Waals surface area (Å²) in [6.07, 6.45) is 2.22. The predicted molar refractivity (Wildman–Crippen MR) is 81.2 cm³/mol. The van der Waals surface area contributed by atoms with Gasteiger partial charge >= 0.3 is 0 Å². The van der Waals surface area contributed by atoms with Crippen LogP contribution in [0.25, 0.3) is 0 Å². The summed E-state index contributed by atoms with van der Waals surface area (Å²) in [6, 6.07) is 14.6. The van der Waals surface area contributed by atoms with Gasteiger partial charge in [-0.1, -0.05) is 12.1 Å². The number of nitriles is 1. The van der Waals surface area contributed by atoms with Crippen LogP contribution in [0, 0.1) is 17.1 Å². The van der Waals surface area contributed by atoms with Crippen LogP contribution < -0.4 is 10.6 Å². The predicted octanol–water partition coefficient (Wildman–Crippen LogP) is 3.45. The molecule has 2 aromatic rings. The number of nitrogens with two attached hydrogens (primary N) is 1. The second-order valence-electron chi connectivity index (χ2n) is 5.37. The third-order valence-corrected chi connectivity index (χ3v) is 3.71. The molecule has 0 amide bonds. The zero-order valence-electron chi connectivity index (χ0n) is 11.6. The number of hydrogen-bond donors (Lipinski definition) is 1. The van der Waals surface area contributed by atoms with Gasteiger partial charge in [0.1, 0.15) is 11.9 Å². The Morgan fingerprint density at radius 1 is 1.19 bits per heavy atom. The molecule has 1 saturated carbocycles. The SMILES string of the molecule is N#Cc1cc(F)ccc1N(Cc1ccc(N)cc1)C1CC1. The summed E-state index contributed by atoms with van der Waals surface area (Å²) < 4.78 is 13.3. The maximum atomic E-state index is 13.3. The molecule has 1 fully saturated rings. The Hall–Kier alpha value is -2.54. The zero-order chi connectivity index (χ0) is 14.8. The van der Waals surface area contributed by atoms with Gasteiger partial charge in [-0.25, -0.2) is 4.39 Å². The third kappa shape index (κ3) is 2.97. The Morgan fingerprint density at radius 2 is 1.90 bits per heavy atom. The normalized spacial score (nSPS) is 13.7. The van der Waals surface area contributed by atoms with Gasteiger partial charge in [-0.05, 0) is 48.7 Å². The number of halogens is 1. The molecule has 0 heterocycles. The number of nitrogen functional groups attached to an aromatic ring is 1. The van der Waals surface area contributed by atoms with E-state index in [1.54, 1.807) is 6.07 Å². The van der Waals surface area contributed by atoms with Gasteiger partial charge in [-0.2, -0.15) is 5.26 Å². The smallest absolute Gasteiger partial charge is 0.124 e. The number of benzene rings is 2. The number of rotatable bonds is 4. The van der Waals surface area contributed by atoms with Crippen molar-refractivity contribution < 1.29 is 4.39 Å². The number of anilines is 2. The lowest BCUT2D eigenvalue weighted by atomic mass is 10.1. The molecule has 106 valence electrons. The van der Waals surface area contributed by atoms with Gasteiger partial charge < -0.3 is 10.6 Å². The molecule has 4 heteroatoms. The summed E-state index contributed by atoms with van der Waals surface area (Å²) in [5.74, 6) is -0.376. The van der Waals surface area contributed by atoms with Crippen molar-refractivity contribution in [2.75, 3.05) is 10.6 Å². The number of hydrogen-bond acceptors (Lipinski definition) is 3. The molecule has 3 rings (SSSR count). The molecule has 0 saturated heterocycles. The van der Waals surface area contributed by atoms with E-state index < -0.39 is 0 Å². The van der Waals surface area contributed by atoms with E-state index in [1.165, 1.54) is 12.1 Å². The first kappa shape index (κ1) is 13.4. The molecular weight excluding hydrogens is 265 g/mol. The van der Waals surface area contributed by atoms with Gasteiger partial charge in [-0.15, -0.1) is 0 Å². The molecule has 0 radical (unpaired) electrons. The first-order valence-electron chi connectivity index (χ1n) is 6.98. The van der Waals surface area contributed by atoms with E-state index in [1.807, 2.05) is 24.3 Å². The van der Waals surface area contributed by atoms with Crippen molar-refractivity contribution in [2.24, 2.45) is 0 Å². The lowest BCUT2D eigenvalue weighted by molar-refractivity contribution is 0.626. The Kier molecular flexibility index (Phi) is 3.49. The van der Waals surface area contributed by atoms with E-state index in [4.69, 9.17) is 5.73 Å². The van der Waals surface area contributed by atoms with Crippen LogP contribution in [0.2, 0.25) is 0 Å². The molecule has 0 aliphatic heterocycles. The van der Waals surface area contributed by atoms with Crippen molar-refractivity contribution in [3.8, 4) is 6.07 Å². The van der Waals surface area contributed by atoms with Crippen LogP contribution in [-0.4, -0.2) is 6.04 Å². The highest BCUT2D eigenvalue weighted by Gasteiger charge is 2.30. The van der Waals surface area contributed by atoms with Crippen LogP contribution in [0.5, 0.6) is 0 Å². The Balaban J connectivity index is 1.92. The van der Waals surface area contributed by atoms with E-state index in [2.05, 4.69) is 11.0 Å². The fraction of sp³-hybridized carbons (Fsp3) is 0.235. The highest BCUT2D eigenvalue weighted by atomic mass is 19.1. The van der Waals surface area contributed by atoms with Crippen LogP contribution in [0.15, 0.2) is 42.5 Å². The van der Waals surface area contributed by atoms with Gasteiger partial charge in [0.25, 0.3) is 0 Å². The first-order valence-corrected chi connectivity index (χ1v) is 6.98. The number of nitrogens with zero attached hydrogens (tertiary/aromatic N) is 2. The lowest BCUT2D eigenvalue weighted by Gasteiger charge is -2.26. The molecule has 0 spiro atoms. The van der Waals surface area contributed by atoms with Crippen molar-refractivity contribution in [2.45, 2.75) is 25.4 Å². The highest BCUT2D eigenvalue weighted by molar-refractivity contribution is 5.61. The average Bonchev–Trinajstić information content (AvgIpc) is 3.31. The Morgan fingerprint density at radius 3 is 2.52 bits per heavy atom. The fourth-order valence-corrected chi connectivity index (χ4v) is 2.47. The summed E-state index contributed by atoms with van der Waals surface area (Å²) in [5.41, 5.74) is 8.76. The maximum absolute atomic E-state index is 13.3. The van der Waals surface area contributed by atoms with Crippen LogP contribution in [0.4, 0.5) is 15.8 Å². The molecule has 0 unspecified atom stereocenters. The Bertz CT molecular complexity index is 684. The van der Waals surface area contributed by atoms with Crippen LogP contribution in [-0.2, 0) is 6.54 Å². The molecule has 0 bridgehead atoms. The van der Waals surface area contributed by atoms with Gasteiger partial charge in [0, 0.05) is 18.3 Å². The van der Waals surface area contributed by atoms with Gasteiger partial charge in [0.15, 0.2) is 0 Å². The van der Waals surface area contributed by atoms with E-state index in [9.17, 15) is 9.65 Å². The molecule has 2 aromatic carbocycles. The zero-order valence-corrected chi connectivity index (χ0v) is 11.6. The topological polar surface area (TPSA) is 53.0 Å². The second-order valence-corrected chi connectivity index (χ2v) is 5.37. The third-order valence-electron chi connectivity index (χ3n) is 3.71. The molecule has 1 aliphatic rings. The summed E-state index contributed by atoms with van der Waals surface area (Å²) in [4.78, 5) is 2.18.